The van der Waals surface area contributed by atoms with Crippen molar-refractivity contribution in [3.8, 4) is 17.0 Å². The smallest absolute Gasteiger partial charge is 0.263 e. The first-order valence-electron chi connectivity index (χ1n) is 7.56. The Morgan fingerprint density at radius 2 is 1.68 bits per heavy atom. The molecule has 0 saturated heterocycles. The zero-order chi connectivity index (χ0) is 17.9. The Morgan fingerprint density at radius 3 is 2.40 bits per heavy atom. The zero-order valence-corrected chi connectivity index (χ0v) is 14.6. The lowest BCUT2D eigenvalue weighted by Crippen LogP contribution is -2.16. The molecule has 0 fully saturated rings. The van der Waals surface area contributed by atoms with Gasteiger partial charge in [0, 0.05) is 5.56 Å². The van der Waals surface area contributed by atoms with Crippen LogP contribution in [0.5, 0.6) is 5.88 Å². The van der Waals surface area contributed by atoms with Gasteiger partial charge in [0.05, 0.1) is 23.9 Å². The molecule has 25 heavy (non-hydrogen) atoms. The number of ether oxygens (including phenoxy) is 1. The average molecular weight is 355 g/mol. The maximum atomic E-state index is 12.9. The maximum absolute atomic E-state index is 12.9. The molecule has 0 bridgehead atoms. The van der Waals surface area contributed by atoms with E-state index >= 15 is 0 Å². The number of nitrogens with one attached hydrogen (secondary N) is 1. The van der Waals surface area contributed by atoms with Crippen LogP contribution in [0.1, 0.15) is 5.69 Å². The van der Waals surface area contributed by atoms with E-state index in [-0.39, 0.29) is 16.6 Å². The number of hydrogen-bond acceptors (Lipinski definition) is 5. The van der Waals surface area contributed by atoms with Crippen LogP contribution >= 0.6 is 0 Å². The third-order valence-electron chi connectivity index (χ3n) is 3.55. The topological polar surface area (TPSA) is 81.2 Å². The molecule has 0 aliphatic carbocycles. The summed E-state index contributed by atoms with van der Waals surface area (Å²) in [4.78, 5) is 8.38. The summed E-state index contributed by atoms with van der Waals surface area (Å²) in [7, 11) is -2.45. The van der Waals surface area contributed by atoms with Crippen LogP contribution in [0.2, 0.25) is 0 Å². The molecule has 3 rings (SSSR count). The average Bonchev–Trinajstić information content (AvgIpc) is 2.64. The molecule has 0 unspecified atom stereocenters. The Bertz CT molecular complexity index is 989. The molecule has 0 amide bonds. The SMILES string of the molecule is COc1nc(C)cnc1NS(=O)(=O)c1ccccc1-c1ccccc1. The molecule has 1 N–H and O–H groups in total. The summed E-state index contributed by atoms with van der Waals surface area (Å²) in [6.45, 7) is 1.75. The second-order valence-corrected chi connectivity index (χ2v) is 6.99. The highest BCUT2D eigenvalue weighted by atomic mass is 32.2. The van der Waals surface area contributed by atoms with Gasteiger partial charge in [-0.25, -0.2) is 18.4 Å². The summed E-state index contributed by atoms with van der Waals surface area (Å²) in [6, 6.07) is 16.1. The fourth-order valence-electron chi connectivity index (χ4n) is 2.41. The van der Waals surface area contributed by atoms with E-state index in [1.807, 2.05) is 30.3 Å². The Morgan fingerprint density at radius 1 is 1.00 bits per heavy atom. The van der Waals surface area contributed by atoms with Crippen LogP contribution in [0, 0.1) is 6.92 Å². The number of anilines is 1. The summed E-state index contributed by atoms with van der Waals surface area (Å²) >= 11 is 0. The van der Waals surface area contributed by atoms with Crippen molar-refractivity contribution in [2.75, 3.05) is 11.8 Å². The van der Waals surface area contributed by atoms with Crippen LogP contribution in [-0.2, 0) is 10.0 Å². The van der Waals surface area contributed by atoms with Crippen molar-refractivity contribution < 1.29 is 13.2 Å². The molecule has 2 aromatic carbocycles. The van der Waals surface area contributed by atoms with Crippen molar-refractivity contribution in [3.05, 3.63) is 66.5 Å². The van der Waals surface area contributed by atoms with Gasteiger partial charge >= 0.3 is 0 Å². The molecule has 0 radical (unpaired) electrons. The third kappa shape index (κ3) is 3.61. The van der Waals surface area contributed by atoms with Crippen LogP contribution in [0.3, 0.4) is 0 Å². The first-order chi connectivity index (χ1) is 12.0. The van der Waals surface area contributed by atoms with Gasteiger partial charge in [0.25, 0.3) is 15.9 Å². The molecule has 0 aliphatic rings. The Hall–Kier alpha value is -2.93. The van der Waals surface area contributed by atoms with Crippen molar-refractivity contribution in [2.45, 2.75) is 11.8 Å². The summed E-state index contributed by atoms with van der Waals surface area (Å²) in [5, 5.41) is 0. The normalized spacial score (nSPS) is 11.1. The minimum atomic E-state index is -3.87. The summed E-state index contributed by atoms with van der Waals surface area (Å²) in [5.74, 6) is 0.178. The van der Waals surface area contributed by atoms with Gasteiger partial charge in [-0.15, -0.1) is 0 Å². The van der Waals surface area contributed by atoms with Crippen LogP contribution < -0.4 is 9.46 Å². The van der Waals surface area contributed by atoms with Gasteiger partial charge < -0.3 is 4.74 Å². The second-order valence-electron chi connectivity index (χ2n) is 5.34. The molecule has 0 aliphatic heterocycles. The van der Waals surface area contributed by atoms with Gasteiger partial charge in [-0.05, 0) is 18.6 Å². The predicted molar refractivity (Wildman–Crippen MR) is 96.0 cm³/mol. The lowest BCUT2D eigenvalue weighted by atomic mass is 10.1. The number of hydrogen-bond donors (Lipinski definition) is 1. The molecule has 128 valence electrons. The molecule has 0 saturated carbocycles. The Balaban J connectivity index is 2.05. The zero-order valence-electron chi connectivity index (χ0n) is 13.8. The van der Waals surface area contributed by atoms with Crippen LogP contribution in [0.4, 0.5) is 5.82 Å². The van der Waals surface area contributed by atoms with Crippen LogP contribution in [-0.4, -0.2) is 25.5 Å². The van der Waals surface area contributed by atoms with E-state index in [2.05, 4.69) is 14.7 Å². The molecule has 7 heteroatoms. The summed E-state index contributed by atoms with van der Waals surface area (Å²) in [6.07, 6.45) is 1.48. The number of aryl methyl sites for hydroxylation is 1. The van der Waals surface area contributed by atoms with Gasteiger partial charge in [0.2, 0.25) is 5.82 Å². The largest absolute Gasteiger partial charge is 0.478 e. The van der Waals surface area contributed by atoms with E-state index in [0.29, 0.717) is 11.3 Å². The first kappa shape index (κ1) is 16.9. The quantitative estimate of drug-likeness (QED) is 0.760. The van der Waals surface area contributed by atoms with E-state index in [4.69, 9.17) is 4.74 Å². The van der Waals surface area contributed by atoms with E-state index in [1.165, 1.54) is 13.3 Å². The van der Waals surface area contributed by atoms with Crippen molar-refractivity contribution in [1.29, 1.82) is 0 Å². The lowest BCUT2D eigenvalue weighted by Gasteiger charge is -2.13. The standard InChI is InChI=1S/C18H17N3O3S/c1-13-12-19-17(18(20-13)24-2)21-25(22,23)16-11-7-6-10-15(16)14-8-4-3-5-9-14/h3-12H,1-2H3,(H,19,21). The predicted octanol–water partition coefficient (Wildman–Crippen LogP) is 3.26. The number of rotatable bonds is 5. The number of sulfonamides is 1. The fourth-order valence-corrected chi connectivity index (χ4v) is 3.64. The summed E-state index contributed by atoms with van der Waals surface area (Å²) < 4.78 is 33.4. The van der Waals surface area contributed by atoms with Crippen LogP contribution in [0.25, 0.3) is 11.1 Å². The molecular weight excluding hydrogens is 338 g/mol. The third-order valence-corrected chi connectivity index (χ3v) is 4.94. The molecular formula is C18H17N3O3S. The highest BCUT2D eigenvalue weighted by molar-refractivity contribution is 7.92. The number of methoxy groups -OCH3 is 1. The van der Waals surface area contributed by atoms with Gasteiger partial charge in [0.15, 0.2) is 0 Å². The molecule has 1 heterocycles. The van der Waals surface area contributed by atoms with Crippen LogP contribution in [0.15, 0.2) is 65.7 Å². The molecule has 6 nitrogen and oxygen atoms in total. The monoisotopic (exact) mass is 355 g/mol. The highest BCUT2D eigenvalue weighted by Gasteiger charge is 2.22. The van der Waals surface area contributed by atoms with E-state index in [9.17, 15) is 8.42 Å². The number of benzene rings is 2. The van der Waals surface area contributed by atoms with Crippen molar-refractivity contribution in [2.24, 2.45) is 0 Å². The number of aromatic nitrogens is 2. The minimum Gasteiger partial charge on any atom is -0.478 e. The Labute approximate surface area is 146 Å². The van der Waals surface area contributed by atoms with Gasteiger partial charge in [0.1, 0.15) is 0 Å². The minimum absolute atomic E-state index is 0.0518. The van der Waals surface area contributed by atoms with Crippen molar-refractivity contribution in [3.63, 3.8) is 0 Å². The maximum Gasteiger partial charge on any atom is 0.263 e. The number of nitrogens with zero attached hydrogens (tertiary/aromatic N) is 2. The lowest BCUT2D eigenvalue weighted by molar-refractivity contribution is 0.397. The van der Waals surface area contributed by atoms with E-state index < -0.39 is 10.0 Å². The molecule has 0 atom stereocenters. The van der Waals surface area contributed by atoms with Gasteiger partial charge in [-0.3, -0.25) is 4.72 Å². The Kier molecular flexibility index (Phi) is 4.67. The van der Waals surface area contributed by atoms with Crippen molar-refractivity contribution >= 4 is 15.8 Å². The fraction of sp³-hybridized carbons (Fsp3) is 0.111. The molecule has 0 spiro atoms. The second kappa shape index (κ2) is 6.90. The van der Waals surface area contributed by atoms with Crippen molar-refractivity contribution in [1.82, 2.24) is 9.97 Å². The molecule has 1 aromatic heterocycles. The van der Waals surface area contributed by atoms with Gasteiger partial charge in [-0.1, -0.05) is 48.5 Å². The summed E-state index contributed by atoms with van der Waals surface area (Å²) in [5.41, 5.74) is 2.05. The molecule has 3 aromatic rings. The van der Waals surface area contributed by atoms with E-state index in [1.54, 1.807) is 31.2 Å². The highest BCUT2D eigenvalue weighted by Crippen LogP contribution is 2.29. The van der Waals surface area contributed by atoms with E-state index in [0.717, 1.165) is 5.56 Å². The first-order valence-corrected chi connectivity index (χ1v) is 9.04. The van der Waals surface area contributed by atoms with Gasteiger partial charge in [-0.2, -0.15) is 0 Å².